The van der Waals surface area contributed by atoms with Crippen molar-refractivity contribution in [2.75, 3.05) is 32.8 Å². The van der Waals surface area contributed by atoms with Crippen LogP contribution in [0.1, 0.15) is 34.0 Å². The largest absolute Gasteiger partial charge is 0.493 e. The molecule has 0 unspecified atom stereocenters. The van der Waals surface area contributed by atoms with E-state index in [1.807, 2.05) is 56.1 Å². The van der Waals surface area contributed by atoms with Gasteiger partial charge >= 0.3 is 5.91 Å². The number of ketones is 1. The van der Waals surface area contributed by atoms with E-state index in [0.717, 1.165) is 23.1 Å². The average Bonchev–Trinajstić information content (AvgIpc) is 2.93. The van der Waals surface area contributed by atoms with E-state index < -0.39 is 11.7 Å². The van der Waals surface area contributed by atoms with E-state index >= 15 is 0 Å². The first-order chi connectivity index (χ1) is 13.4. The third-order valence-corrected chi connectivity index (χ3v) is 5.11. The van der Waals surface area contributed by atoms with Crippen molar-refractivity contribution >= 4 is 17.4 Å². The average molecular weight is 382 g/mol. The van der Waals surface area contributed by atoms with Gasteiger partial charge in [0, 0.05) is 6.54 Å². The number of carbonyl (C=O) groups excluding carboxylic acids is 2. The summed E-state index contributed by atoms with van der Waals surface area (Å²) in [7, 11) is 5.14. The number of Topliss-reactive ketones (excluding diaryl/α,β-unsaturated/α-hetero) is 1. The maximum absolute atomic E-state index is 12.5. The zero-order chi connectivity index (χ0) is 20.4. The topological polar surface area (TPSA) is 59.1 Å². The summed E-state index contributed by atoms with van der Waals surface area (Å²) in [6, 6.07) is 9.55. The van der Waals surface area contributed by atoms with Gasteiger partial charge in [0.1, 0.15) is 0 Å². The standard InChI is InChI=1S/C22H26N2O4/c1-6-15-7-8-18-17(10-15)21(25)22(26)24(18)13-23(3)12-16-11-20(28-5)19(27-4)9-14(16)2/h7-11H,6,12-13H2,1-5H3. The fraction of sp³-hybridized carbons (Fsp3) is 0.364. The second-order valence-electron chi connectivity index (χ2n) is 7.06. The molecule has 1 aliphatic heterocycles. The minimum Gasteiger partial charge on any atom is -0.493 e. The Bertz CT molecular complexity index is 923. The van der Waals surface area contributed by atoms with Gasteiger partial charge in [0.2, 0.25) is 0 Å². The minimum absolute atomic E-state index is 0.330. The number of nitrogens with zero attached hydrogens (tertiary/aromatic N) is 2. The van der Waals surface area contributed by atoms with Crippen LogP contribution in [-0.2, 0) is 17.8 Å². The van der Waals surface area contributed by atoms with Crippen LogP contribution in [-0.4, -0.2) is 44.5 Å². The summed E-state index contributed by atoms with van der Waals surface area (Å²) < 4.78 is 10.7. The van der Waals surface area contributed by atoms with Gasteiger partial charge in [0.05, 0.1) is 32.1 Å². The van der Waals surface area contributed by atoms with Crippen LogP contribution in [0.2, 0.25) is 0 Å². The van der Waals surface area contributed by atoms with E-state index in [1.54, 1.807) is 19.1 Å². The van der Waals surface area contributed by atoms with E-state index in [9.17, 15) is 9.59 Å². The maximum atomic E-state index is 12.5. The van der Waals surface area contributed by atoms with E-state index in [4.69, 9.17) is 9.47 Å². The van der Waals surface area contributed by atoms with Gasteiger partial charge < -0.3 is 9.47 Å². The predicted octanol–water partition coefficient (Wildman–Crippen LogP) is 3.19. The van der Waals surface area contributed by atoms with Crippen LogP contribution in [0.15, 0.2) is 30.3 Å². The molecule has 0 aromatic heterocycles. The van der Waals surface area contributed by atoms with Gasteiger partial charge in [-0.25, -0.2) is 0 Å². The second-order valence-corrected chi connectivity index (χ2v) is 7.06. The maximum Gasteiger partial charge on any atom is 0.300 e. The number of fused-ring (bicyclic) bond motifs is 1. The van der Waals surface area contributed by atoms with Crippen LogP contribution in [0.25, 0.3) is 0 Å². The molecule has 3 rings (SSSR count). The number of carbonyl (C=O) groups is 2. The zero-order valence-corrected chi connectivity index (χ0v) is 17.0. The van der Waals surface area contributed by atoms with Crippen LogP contribution in [0.4, 0.5) is 5.69 Å². The van der Waals surface area contributed by atoms with Crippen LogP contribution in [0.3, 0.4) is 0 Å². The molecule has 0 atom stereocenters. The first-order valence-corrected chi connectivity index (χ1v) is 9.28. The first kappa shape index (κ1) is 19.9. The number of amides is 1. The van der Waals surface area contributed by atoms with Crippen molar-refractivity contribution in [3.63, 3.8) is 0 Å². The molecule has 0 radical (unpaired) electrons. The third-order valence-electron chi connectivity index (χ3n) is 5.11. The van der Waals surface area contributed by atoms with E-state index in [-0.39, 0.29) is 0 Å². The van der Waals surface area contributed by atoms with Gasteiger partial charge in [-0.2, -0.15) is 0 Å². The van der Waals surface area contributed by atoms with Crippen molar-refractivity contribution in [1.82, 2.24) is 4.90 Å². The fourth-order valence-electron chi connectivity index (χ4n) is 3.48. The highest BCUT2D eigenvalue weighted by molar-refractivity contribution is 6.52. The second kappa shape index (κ2) is 8.02. The Morgan fingerprint density at radius 1 is 1.04 bits per heavy atom. The zero-order valence-electron chi connectivity index (χ0n) is 17.0. The molecule has 2 aromatic rings. The molecule has 0 N–H and O–H groups in total. The Morgan fingerprint density at radius 3 is 2.36 bits per heavy atom. The normalized spacial score (nSPS) is 13.3. The molecule has 1 amide bonds. The number of hydrogen-bond acceptors (Lipinski definition) is 5. The molecular formula is C22H26N2O4. The predicted molar refractivity (Wildman–Crippen MR) is 108 cm³/mol. The number of rotatable bonds is 7. The lowest BCUT2D eigenvalue weighted by Gasteiger charge is -2.25. The van der Waals surface area contributed by atoms with Crippen molar-refractivity contribution in [3.05, 3.63) is 52.6 Å². The molecule has 1 heterocycles. The quantitative estimate of drug-likeness (QED) is 0.689. The number of benzene rings is 2. The Hall–Kier alpha value is -2.86. The summed E-state index contributed by atoms with van der Waals surface area (Å²) in [5, 5.41) is 0. The van der Waals surface area contributed by atoms with Gasteiger partial charge in [-0.1, -0.05) is 13.0 Å². The van der Waals surface area contributed by atoms with E-state index in [0.29, 0.717) is 36.0 Å². The first-order valence-electron chi connectivity index (χ1n) is 9.28. The lowest BCUT2D eigenvalue weighted by atomic mass is 10.1. The minimum atomic E-state index is -0.473. The molecule has 0 spiro atoms. The number of anilines is 1. The molecule has 148 valence electrons. The van der Waals surface area contributed by atoms with Gasteiger partial charge in [0.25, 0.3) is 5.78 Å². The fourth-order valence-corrected chi connectivity index (χ4v) is 3.48. The van der Waals surface area contributed by atoms with Gasteiger partial charge in [-0.3, -0.25) is 19.4 Å². The third kappa shape index (κ3) is 3.60. The van der Waals surface area contributed by atoms with Crippen molar-refractivity contribution in [3.8, 4) is 11.5 Å². The number of aryl methyl sites for hydroxylation is 2. The van der Waals surface area contributed by atoms with Crippen LogP contribution >= 0.6 is 0 Å². The Labute approximate surface area is 165 Å². The molecule has 0 saturated heterocycles. The molecule has 0 saturated carbocycles. The van der Waals surface area contributed by atoms with Gasteiger partial charge in [-0.05, 0) is 61.3 Å². The summed E-state index contributed by atoms with van der Waals surface area (Å²) in [6.45, 7) is 4.97. The van der Waals surface area contributed by atoms with Crippen LogP contribution in [0, 0.1) is 6.92 Å². The number of ether oxygens (including phenoxy) is 2. The number of hydrogen-bond donors (Lipinski definition) is 0. The lowest BCUT2D eigenvalue weighted by molar-refractivity contribution is -0.114. The van der Waals surface area contributed by atoms with Crippen molar-refractivity contribution < 1.29 is 19.1 Å². The molecule has 0 bridgehead atoms. The van der Waals surface area contributed by atoms with Crippen molar-refractivity contribution in [2.45, 2.75) is 26.8 Å². The van der Waals surface area contributed by atoms with E-state index in [2.05, 4.69) is 0 Å². The highest BCUT2D eigenvalue weighted by Crippen LogP contribution is 2.32. The highest BCUT2D eigenvalue weighted by Gasteiger charge is 2.36. The monoisotopic (exact) mass is 382 g/mol. The highest BCUT2D eigenvalue weighted by atomic mass is 16.5. The summed E-state index contributed by atoms with van der Waals surface area (Å²) in [6.07, 6.45) is 0.827. The summed E-state index contributed by atoms with van der Waals surface area (Å²) >= 11 is 0. The molecule has 6 heteroatoms. The molecule has 2 aromatic carbocycles. The Morgan fingerprint density at radius 2 is 1.71 bits per heavy atom. The summed E-state index contributed by atoms with van der Waals surface area (Å²) in [5.74, 6) is 0.453. The molecular weight excluding hydrogens is 356 g/mol. The summed E-state index contributed by atoms with van der Waals surface area (Å²) in [5.41, 5.74) is 4.38. The van der Waals surface area contributed by atoms with E-state index in [1.165, 1.54) is 0 Å². The van der Waals surface area contributed by atoms with Gasteiger partial charge in [-0.15, -0.1) is 0 Å². The molecule has 6 nitrogen and oxygen atoms in total. The Kier molecular flexibility index (Phi) is 5.70. The molecule has 0 aliphatic carbocycles. The van der Waals surface area contributed by atoms with Crippen molar-refractivity contribution in [2.24, 2.45) is 0 Å². The smallest absolute Gasteiger partial charge is 0.300 e. The number of methoxy groups -OCH3 is 2. The van der Waals surface area contributed by atoms with Crippen LogP contribution < -0.4 is 14.4 Å². The molecule has 28 heavy (non-hydrogen) atoms. The lowest BCUT2D eigenvalue weighted by Crippen LogP contribution is -2.39. The van der Waals surface area contributed by atoms with Crippen LogP contribution in [0.5, 0.6) is 11.5 Å². The Balaban J connectivity index is 1.80. The van der Waals surface area contributed by atoms with Gasteiger partial charge in [0.15, 0.2) is 11.5 Å². The molecule has 1 aliphatic rings. The SMILES string of the molecule is CCc1ccc2c(c1)C(=O)C(=O)N2CN(C)Cc1cc(OC)c(OC)cc1C. The van der Waals surface area contributed by atoms with Crippen molar-refractivity contribution in [1.29, 1.82) is 0 Å². The molecule has 0 fully saturated rings. The summed E-state index contributed by atoms with van der Waals surface area (Å²) in [4.78, 5) is 28.4.